The second-order valence-corrected chi connectivity index (χ2v) is 6.39. The summed E-state index contributed by atoms with van der Waals surface area (Å²) in [6.07, 6.45) is 3.45. The van der Waals surface area contributed by atoms with Gasteiger partial charge in [0.15, 0.2) is 0 Å². The molecule has 2 aromatic rings. The molecule has 6 heteroatoms. The maximum absolute atomic E-state index is 6.36. The van der Waals surface area contributed by atoms with E-state index in [2.05, 4.69) is 35.3 Å². The van der Waals surface area contributed by atoms with Crippen LogP contribution >= 0.6 is 11.5 Å². The lowest BCUT2D eigenvalue weighted by molar-refractivity contribution is 0.338. The molecule has 0 fully saturated rings. The molecule has 0 saturated heterocycles. The Kier molecular flexibility index (Phi) is 4.35. The Labute approximate surface area is 123 Å². The normalized spacial score (nSPS) is 13.2. The summed E-state index contributed by atoms with van der Waals surface area (Å²) in [7, 11) is 0. The molecule has 2 aromatic heterocycles. The molecular formula is C14H20N4OS. The van der Waals surface area contributed by atoms with Crippen LogP contribution in [0.5, 0.6) is 5.75 Å². The fourth-order valence-corrected chi connectivity index (χ4v) is 2.82. The summed E-state index contributed by atoms with van der Waals surface area (Å²) in [4.78, 5) is 5.16. The van der Waals surface area contributed by atoms with Gasteiger partial charge in [-0.3, -0.25) is 4.98 Å². The highest BCUT2D eigenvalue weighted by Gasteiger charge is 2.26. The summed E-state index contributed by atoms with van der Waals surface area (Å²) >= 11 is 1.34. The molecule has 0 aromatic carbocycles. The standard InChI is InChI=1S/C14H20N4OS/c1-5-19-10-6-9(7-16-8-10)11(15)12-13(14(2,3)4)17-18-20-12/h6-8,11H,5,15H2,1-4H3. The minimum atomic E-state index is -0.280. The Bertz CT molecular complexity index is 577. The minimum absolute atomic E-state index is 0.0785. The quantitative estimate of drug-likeness (QED) is 0.937. The van der Waals surface area contributed by atoms with Gasteiger partial charge in [-0.15, -0.1) is 5.10 Å². The van der Waals surface area contributed by atoms with E-state index in [-0.39, 0.29) is 11.5 Å². The van der Waals surface area contributed by atoms with Crippen LogP contribution in [0, 0.1) is 0 Å². The van der Waals surface area contributed by atoms with Crippen molar-refractivity contribution in [2.75, 3.05) is 6.61 Å². The summed E-state index contributed by atoms with van der Waals surface area (Å²) < 4.78 is 9.52. The van der Waals surface area contributed by atoms with Crippen LogP contribution < -0.4 is 10.5 Å². The van der Waals surface area contributed by atoms with E-state index in [9.17, 15) is 0 Å². The van der Waals surface area contributed by atoms with Crippen molar-refractivity contribution >= 4 is 11.5 Å². The van der Waals surface area contributed by atoms with Crippen LogP contribution in [-0.2, 0) is 5.41 Å². The smallest absolute Gasteiger partial charge is 0.137 e. The lowest BCUT2D eigenvalue weighted by atomic mass is 9.89. The Morgan fingerprint density at radius 2 is 2.10 bits per heavy atom. The van der Waals surface area contributed by atoms with Crippen molar-refractivity contribution in [3.05, 3.63) is 34.6 Å². The molecule has 0 aliphatic carbocycles. The summed E-state index contributed by atoms with van der Waals surface area (Å²) in [6, 6.07) is 1.64. The highest BCUT2D eigenvalue weighted by molar-refractivity contribution is 7.05. The summed E-state index contributed by atoms with van der Waals surface area (Å²) in [5.41, 5.74) is 8.13. The number of nitrogens with two attached hydrogens (primary N) is 1. The molecule has 108 valence electrons. The van der Waals surface area contributed by atoms with Crippen LogP contribution in [0.25, 0.3) is 0 Å². The zero-order valence-electron chi connectivity index (χ0n) is 12.3. The lowest BCUT2D eigenvalue weighted by Crippen LogP contribution is -2.19. The van der Waals surface area contributed by atoms with E-state index in [1.807, 2.05) is 13.0 Å². The molecule has 0 aliphatic heterocycles. The van der Waals surface area contributed by atoms with Crippen LogP contribution in [0.2, 0.25) is 0 Å². The second-order valence-electron chi connectivity index (χ2n) is 5.60. The molecular weight excluding hydrogens is 272 g/mol. The fraction of sp³-hybridized carbons (Fsp3) is 0.500. The predicted octanol–water partition coefficient (Wildman–Crippen LogP) is 2.68. The van der Waals surface area contributed by atoms with Gasteiger partial charge in [-0.25, -0.2) is 0 Å². The average Bonchev–Trinajstić information content (AvgIpc) is 2.87. The van der Waals surface area contributed by atoms with E-state index in [0.717, 1.165) is 21.9 Å². The molecule has 0 amide bonds. The monoisotopic (exact) mass is 292 g/mol. The third-order valence-electron chi connectivity index (χ3n) is 2.91. The number of hydrogen-bond acceptors (Lipinski definition) is 6. The van der Waals surface area contributed by atoms with E-state index in [0.29, 0.717) is 6.61 Å². The minimum Gasteiger partial charge on any atom is -0.492 e. The third-order valence-corrected chi connectivity index (χ3v) is 3.72. The summed E-state index contributed by atoms with van der Waals surface area (Å²) in [5, 5.41) is 4.23. The van der Waals surface area contributed by atoms with Crippen molar-refractivity contribution in [2.24, 2.45) is 5.73 Å². The first kappa shape index (κ1) is 14.9. The zero-order valence-corrected chi connectivity index (χ0v) is 13.1. The summed E-state index contributed by atoms with van der Waals surface area (Å²) in [6.45, 7) is 8.87. The number of nitrogens with zero attached hydrogens (tertiary/aromatic N) is 3. The molecule has 20 heavy (non-hydrogen) atoms. The Morgan fingerprint density at radius 1 is 1.35 bits per heavy atom. The molecule has 0 bridgehead atoms. The van der Waals surface area contributed by atoms with E-state index in [1.54, 1.807) is 12.4 Å². The third kappa shape index (κ3) is 3.13. The highest BCUT2D eigenvalue weighted by Crippen LogP contribution is 2.32. The summed E-state index contributed by atoms with van der Waals surface area (Å²) in [5.74, 6) is 0.732. The SMILES string of the molecule is CCOc1cncc(C(N)c2snnc2C(C)(C)C)c1. The Morgan fingerprint density at radius 3 is 2.75 bits per heavy atom. The van der Waals surface area contributed by atoms with Crippen molar-refractivity contribution in [2.45, 2.75) is 39.2 Å². The van der Waals surface area contributed by atoms with Crippen molar-refractivity contribution < 1.29 is 4.74 Å². The largest absolute Gasteiger partial charge is 0.492 e. The van der Waals surface area contributed by atoms with Crippen LogP contribution in [0.15, 0.2) is 18.5 Å². The molecule has 2 heterocycles. The number of aromatic nitrogens is 3. The number of ether oxygens (including phenoxy) is 1. The molecule has 0 spiro atoms. The van der Waals surface area contributed by atoms with Gasteiger partial charge in [0.25, 0.3) is 0 Å². The van der Waals surface area contributed by atoms with Crippen LogP contribution in [0.3, 0.4) is 0 Å². The maximum atomic E-state index is 6.36. The van der Waals surface area contributed by atoms with Crippen LogP contribution in [0.4, 0.5) is 0 Å². The van der Waals surface area contributed by atoms with Gasteiger partial charge in [-0.2, -0.15) is 0 Å². The first-order valence-electron chi connectivity index (χ1n) is 6.59. The van der Waals surface area contributed by atoms with E-state index in [4.69, 9.17) is 10.5 Å². The van der Waals surface area contributed by atoms with Gasteiger partial charge in [0.1, 0.15) is 5.75 Å². The zero-order chi connectivity index (χ0) is 14.8. The van der Waals surface area contributed by atoms with Gasteiger partial charge in [-0.1, -0.05) is 25.3 Å². The topological polar surface area (TPSA) is 73.9 Å². The molecule has 0 radical (unpaired) electrons. The van der Waals surface area contributed by atoms with E-state index < -0.39 is 0 Å². The Hall–Kier alpha value is -1.53. The van der Waals surface area contributed by atoms with Gasteiger partial charge < -0.3 is 10.5 Å². The fourth-order valence-electron chi connectivity index (χ4n) is 1.92. The lowest BCUT2D eigenvalue weighted by Gasteiger charge is -2.19. The molecule has 1 atom stereocenters. The van der Waals surface area contributed by atoms with Crippen LogP contribution in [-0.4, -0.2) is 21.2 Å². The maximum Gasteiger partial charge on any atom is 0.137 e. The predicted molar refractivity (Wildman–Crippen MR) is 80.0 cm³/mol. The number of rotatable bonds is 4. The van der Waals surface area contributed by atoms with E-state index >= 15 is 0 Å². The van der Waals surface area contributed by atoms with Crippen molar-refractivity contribution in [1.29, 1.82) is 0 Å². The van der Waals surface area contributed by atoms with Gasteiger partial charge in [0.2, 0.25) is 0 Å². The highest BCUT2D eigenvalue weighted by atomic mass is 32.1. The first-order valence-corrected chi connectivity index (χ1v) is 7.37. The van der Waals surface area contributed by atoms with Crippen molar-refractivity contribution in [3.8, 4) is 5.75 Å². The van der Waals surface area contributed by atoms with Gasteiger partial charge >= 0.3 is 0 Å². The van der Waals surface area contributed by atoms with Gasteiger partial charge in [-0.05, 0) is 30.1 Å². The molecule has 5 nitrogen and oxygen atoms in total. The second kappa shape index (κ2) is 5.85. The van der Waals surface area contributed by atoms with Crippen LogP contribution in [0.1, 0.15) is 49.9 Å². The molecule has 0 aliphatic rings. The number of hydrogen-bond donors (Lipinski definition) is 1. The molecule has 1 unspecified atom stereocenters. The average molecular weight is 292 g/mol. The number of pyridine rings is 1. The van der Waals surface area contributed by atoms with Gasteiger partial charge in [0, 0.05) is 11.6 Å². The molecule has 2 N–H and O–H groups in total. The van der Waals surface area contributed by atoms with E-state index in [1.165, 1.54) is 11.5 Å². The van der Waals surface area contributed by atoms with Gasteiger partial charge in [0.05, 0.1) is 29.4 Å². The first-order chi connectivity index (χ1) is 9.43. The molecule has 0 saturated carbocycles. The van der Waals surface area contributed by atoms with Crippen molar-refractivity contribution in [3.63, 3.8) is 0 Å². The molecule has 2 rings (SSSR count). The van der Waals surface area contributed by atoms with Crippen molar-refractivity contribution in [1.82, 2.24) is 14.6 Å². The Balaban J connectivity index is 2.34.